The van der Waals surface area contributed by atoms with Crippen LogP contribution in [0.4, 0.5) is 11.6 Å². The van der Waals surface area contributed by atoms with E-state index >= 15 is 0 Å². The largest absolute Gasteiger partial charge is 0.491 e. The molecule has 0 aliphatic carbocycles. The number of anilines is 2. The van der Waals surface area contributed by atoms with E-state index in [1.165, 1.54) is 12.4 Å². The molecule has 186 valence electrons. The maximum Gasteiger partial charge on any atom is 0.257 e. The Labute approximate surface area is 203 Å². The van der Waals surface area contributed by atoms with Gasteiger partial charge in [-0.3, -0.25) is 14.7 Å². The molecule has 4 N–H and O–H groups in total. The summed E-state index contributed by atoms with van der Waals surface area (Å²) in [6.07, 6.45) is 3.17. The molecule has 1 aromatic carbocycles. The van der Waals surface area contributed by atoms with E-state index in [1.807, 2.05) is 17.0 Å². The van der Waals surface area contributed by atoms with Gasteiger partial charge in [0.05, 0.1) is 44.7 Å². The van der Waals surface area contributed by atoms with E-state index in [2.05, 4.69) is 30.5 Å². The average molecular weight is 483 g/mol. The third kappa shape index (κ3) is 4.93. The number of aliphatic imine (C=N–C) groups is 1. The third-order valence-corrected chi connectivity index (χ3v) is 6.22. The van der Waals surface area contributed by atoms with Gasteiger partial charge in [-0.2, -0.15) is 0 Å². The van der Waals surface area contributed by atoms with Crippen molar-refractivity contribution < 1.29 is 19.0 Å². The number of amides is 1. The average Bonchev–Trinajstić information content (AvgIpc) is 3.38. The second kappa shape index (κ2) is 10.3. The van der Waals surface area contributed by atoms with Crippen LogP contribution in [-0.4, -0.2) is 97.5 Å². The highest BCUT2D eigenvalue weighted by Crippen LogP contribution is 2.42. The summed E-state index contributed by atoms with van der Waals surface area (Å²) in [5, 5.41) is 6.39. The number of nitrogens with two attached hydrogens (primary N) is 1. The minimum atomic E-state index is -0.528. The molecule has 4 heterocycles. The number of morpholine rings is 1. The van der Waals surface area contributed by atoms with Gasteiger partial charge in [-0.1, -0.05) is 0 Å². The molecule has 1 aromatic heterocycles. The standard InChI is InChI=1S/C23H30N8O4/c1-33-19-17(35-10-2-6-30-8-11-34-12-9-30)4-3-16-18(19)28-23(31-7-5-25-20(16)31)29-21(32)15-13-26-22(24)27-14-15/h3-4,13-14,23,28H,2,5-12H2,1H3,(H,29,32)(H2,24,26,27). The van der Waals surface area contributed by atoms with E-state index in [9.17, 15) is 4.79 Å². The number of ether oxygens (including phenoxy) is 3. The Hall–Kier alpha value is -3.64. The second-order valence-corrected chi connectivity index (χ2v) is 8.42. The molecule has 5 rings (SSSR count). The van der Waals surface area contributed by atoms with Crippen molar-refractivity contribution in [1.29, 1.82) is 0 Å². The Morgan fingerprint density at radius 2 is 2.06 bits per heavy atom. The van der Waals surface area contributed by atoms with E-state index in [1.54, 1.807) is 7.11 Å². The molecule has 12 nitrogen and oxygen atoms in total. The number of carbonyl (C=O) groups excluding carboxylic acids is 1. The maximum atomic E-state index is 12.8. The van der Waals surface area contributed by atoms with Gasteiger partial charge in [-0.25, -0.2) is 9.97 Å². The first-order chi connectivity index (χ1) is 17.1. The number of aromatic nitrogens is 2. The van der Waals surface area contributed by atoms with Crippen LogP contribution < -0.4 is 25.8 Å². The number of rotatable bonds is 8. The van der Waals surface area contributed by atoms with Crippen LogP contribution in [0.3, 0.4) is 0 Å². The highest BCUT2D eigenvalue weighted by molar-refractivity contribution is 6.08. The van der Waals surface area contributed by atoms with Crippen molar-refractivity contribution in [3.8, 4) is 11.5 Å². The number of carbonyl (C=O) groups is 1. The maximum absolute atomic E-state index is 12.8. The van der Waals surface area contributed by atoms with Gasteiger partial charge in [0.25, 0.3) is 5.91 Å². The summed E-state index contributed by atoms with van der Waals surface area (Å²) in [7, 11) is 1.61. The molecule has 3 aliphatic rings. The predicted octanol–water partition coefficient (Wildman–Crippen LogP) is 0.370. The predicted molar refractivity (Wildman–Crippen MR) is 130 cm³/mol. The number of nitrogens with zero attached hydrogens (tertiary/aromatic N) is 5. The van der Waals surface area contributed by atoms with Gasteiger partial charge < -0.3 is 35.5 Å². The molecule has 0 spiro atoms. The van der Waals surface area contributed by atoms with Crippen LogP contribution in [0.2, 0.25) is 0 Å². The molecule has 1 unspecified atom stereocenters. The van der Waals surface area contributed by atoms with Crippen LogP contribution in [0.15, 0.2) is 29.5 Å². The van der Waals surface area contributed by atoms with Crippen LogP contribution in [0, 0.1) is 0 Å². The van der Waals surface area contributed by atoms with E-state index in [-0.39, 0.29) is 11.9 Å². The van der Waals surface area contributed by atoms with Crippen molar-refractivity contribution in [2.45, 2.75) is 12.7 Å². The number of hydrogen-bond acceptors (Lipinski definition) is 11. The normalized spacial score (nSPS) is 19.3. The summed E-state index contributed by atoms with van der Waals surface area (Å²) in [6.45, 7) is 6.33. The first-order valence-corrected chi connectivity index (χ1v) is 11.7. The number of fused-ring (bicyclic) bond motifs is 3. The second-order valence-electron chi connectivity index (χ2n) is 8.42. The van der Waals surface area contributed by atoms with Crippen molar-refractivity contribution in [2.24, 2.45) is 4.99 Å². The van der Waals surface area contributed by atoms with Crippen molar-refractivity contribution in [1.82, 2.24) is 25.1 Å². The zero-order valence-corrected chi connectivity index (χ0v) is 19.7. The zero-order valence-electron chi connectivity index (χ0n) is 19.7. The summed E-state index contributed by atoms with van der Waals surface area (Å²) in [5.41, 5.74) is 7.49. The van der Waals surface area contributed by atoms with Crippen LogP contribution >= 0.6 is 0 Å². The van der Waals surface area contributed by atoms with Gasteiger partial charge in [0.1, 0.15) is 5.84 Å². The van der Waals surface area contributed by atoms with Crippen LogP contribution in [0.25, 0.3) is 0 Å². The molecule has 35 heavy (non-hydrogen) atoms. The zero-order chi connectivity index (χ0) is 24.2. The van der Waals surface area contributed by atoms with Gasteiger partial charge in [0, 0.05) is 44.1 Å². The lowest BCUT2D eigenvalue weighted by Gasteiger charge is -2.38. The van der Waals surface area contributed by atoms with Gasteiger partial charge in [0.2, 0.25) is 5.95 Å². The van der Waals surface area contributed by atoms with E-state index < -0.39 is 6.29 Å². The fourth-order valence-corrected chi connectivity index (χ4v) is 4.45. The Bertz CT molecular complexity index is 1090. The number of benzene rings is 1. The van der Waals surface area contributed by atoms with Crippen LogP contribution in [0.1, 0.15) is 22.3 Å². The summed E-state index contributed by atoms with van der Waals surface area (Å²) >= 11 is 0. The molecule has 1 fully saturated rings. The fraction of sp³-hybridized carbons (Fsp3) is 0.478. The first-order valence-electron chi connectivity index (χ1n) is 11.7. The van der Waals surface area contributed by atoms with Gasteiger partial charge in [-0.05, 0) is 18.6 Å². The van der Waals surface area contributed by atoms with Crippen molar-refractivity contribution >= 4 is 23.4 Å². The smallest absolute Gasteiger partial charge is 0.257 e. The van der Waals surface area contributed by atoms with Crippen LogP contribution in [0.5, 0.6) is 11.5 Å². The first kappa shape index (κ1) is 23.1. The highest BCUT2D eigenvalue weighted by atomic mass is 16.5. The van der Waals surface area contributed by atoms with E-state index in [0.717, 1.165) is 56.4 Å². The molecule has 1 saturated heterocycles. The molecule has 3 aliphatic heterocycles. The van der Waals surface area contributed by atoms with Crippen molar-refractivity contribution in [2.75, 3.05) is 70.7 Å². The number of methoxy groups -OCH3 is 1. The summed E-state index contributed by atoms with van der Waals surface area (Å²) in [6, 6.07) is 3.89. The highest BCUT2D eigenvalue weighted by Gasteiger charge is 2.36. The molecule has 0 radical (unpaired) electrons. The fourth-order valence-electron chi connectivity index (χ4n) is 4.45. The van der Waals surface area contributed by atoms with E-state index in [0.29, 0.717) is 36.8 Å². The number of hydrogen-bond donors (Lipinski definition) is 3. The Morgan fingerprint density at radius 3 is 2.83 bits per heavy atom. The number of amidine groups is 1. The van der Waals surface area contributed by atoms with E-state index in [4.69, 9.17) is 19.9 Å². The summed E-state index contributed by atoms with van der Waals surface area (Å²) in [4.78, 5) is 29.7. The molecule has 1 atom stereocenters. The number of nitrogens with one attached hydrogen (secondary N) is 2. The minimum absolute atomic E-state index is 0.113. The Kier molecular flexibility index (Phi) is 6.82. The quantitative estimate of drug-likeness (QED) is 0.452. The van der Waals surface area contributed by atoms with Crippen LogP contribution in [-0.2, 0) is 4.74 Å². The SMILES string of the molecule is COc1c(OCCCN2CCOCC2)ccc2c1NC(NC(=O)c1cnc(N)nc1)N1CCN=C21. The minimum Gasteiger partial charge on any atom is -0.491 e. The molecule has 2 aromatic rings. The molecular weight excluding hydrogens is 452 g/mol. The number of nitrogen functional groups attached to an aromatic ring is 1. The Morgan fingerprint density at radius 1 is 1.26 bits per heavy atom. The molecule has 0 saturated carbocycles. The van der Waals surface area contributed by atoms with Gasteiger partial charge >= 0.3 is 0 Å². The lowest BCUT2D eigenvalue weighted by Crippen LogP contribution is -2.57. The van der Waals surface area contributed by atoms with Crippen molar-refractivity contribution in [3.63, 3.8) is 0 Å². The lowest BCUT2D eigenvalue weighted by atomic mass is 10.1. The monoisotopic (exact) mass is 482 g/mol. The lowest BCUT2D eigenvalue weighted by molar-refractivity contribution is 0.0357. The van der Waals surface area contributed by atoms with Gasteiger partial charge in [0.15, 0.2) is 17.8 Å². The molecular formula is C23H30N8O4. The topological polar surface area (TPSA) is 139 Å². The molecule has 12 heteroatoms. The molecule has 1 amide bonds. The van der Waals surface area contributed by atoms with Gasteiger partial charge in [-0.15, -0.1) is 0 Å². The third-order valence-electron chi connectivity index (χ3n) is 6.22. The molecule has 0 bridgehead atoms. The van der Waals surface area contributed by atoms with Crippen molar-refractivity contribution in [3.05, 3.63) is 35.7 Å². The Balaban J connectivity index is 1.30. The summed E-state index contributed by atoms with van der Waals surface area (Å²) in [5.74, 6) is 1.81. The summed E-state index contributed by atoms with van der Waals surface area (Å²) < 4.78 is 17.3.